The first-order valence-electron chi connectivity index (χ1n) is 5.84. The highest BCUT2D eigenvalue weighted by Gasteiger charge is 2.09. The summed E-state index contributed by atoms with van der Waals surface area (Å²) in [5.74, 6) is 2.23. The number of hydrogen-bond acceptors (Lipinski definition) is 5. The number of carbonyl (C=O) groups excluding carboxylic acids is 1. The lowest BCUT2D eigenvalue weighted by molar-refractivity contribution is -0.112. The predicted molar refractivity (Wildman–Crippen MR) is 82.0 cm³/mol. The van der Waals surface area contributed by atoms with Gasteiger partial charge in [0.15, 0.2) is 5.01 Å². The number of thiazole rings is 1. The first kappa shape index (κ1) is 14.3. The number of nitrogens with one attached hydrogen (secondary N) is 1. The minimum Gasteiger partial charge on any atom is -0.394 e. The number of rotatable bonds is 3. The molecule has 2 aromatic rings. The molecule has 0 fully saturated rings. The van der Waals surface area contributed by atoms with Crippen molar-refractivity contribution in [1.29, 1.82) is 5.26 Å². The van der Waals surface area contributed by atoms with Crippen molar-refractivity contribution >= 4 is 29.1 Å². The fourth-order valence-electron chi connectivity index (χ4n) is 1.54. The van der Waals surface area contributed by atoms with Gasteiger partial charge in [-0.25, -0.2) is 4.98 Å². The van der Waals surface area contributed by atoms with E-state index in [4.69, 9.17) is 17.4 Å². The van der Waals surface area contributed by atoms with Gasteiger partial charge in [0.1, 0.15) is 5.82 Å². The van der Waals surface area contributed by atoms with Gasteiger partial charge in [0.05, 0.1) is 17.3 Å². The third kappa shape index (κ3) is 3.47. The number of nitrogens with zero attached hydrogens (tertiary/aromatic N) is 2. The van der Waals surface area contributed by atoms with E-state index in [1.165, 1.54) is 17.4 Å². The predicted octanol–water partition coefficient (Wildman–Crippen LogP) is 1.93. The Kier molecular flexibility index (Phi) is 4.35. The Balaban J connectivity index is 2.17. The van der Waals surface area contributed by atoms with Crippen LogP contribution >= 0.6 is 11.3 Å². The molecule has 0 bridgehead atoms. The van der Waals surface area contributed by atoms with Gasteiger partial charge >= 0.3 is 0 Å². The molecule has 0 radical (unpaired) electrons. The second kappa shape index (κ2) is 6.38. The Morgan fingerprint density at radius 1 is 1.48 bits per heavy atom. The number of hydrogen-bond donors (Lipinski definition) is 2. The van der Waals surface area contributed by atoms with Crippen LogP contribution in [0.4, 0.5) is 5.82 Å². The molecule has 0 spiro atoms. The molecule has 102 valence electrons. The topological polar surface area (TPSA) is 91.8 Å². The van der Waals surface area contributed by atoms with Crippen LogP contribution in [0.3, 0.4) is 0 Å². The van der Waals surface area contributed by atoms with Crippen molar-refractivity contribution < 1.29 is 4.79 Å². The zero-order valence-electron chi connectivity index (χ0n) is 10.8. The first-order chi connectivity index (χ1) is 10.1. The molecule has 0 aliphatic rings. The maximum absolute atomic E-state index is 11.9. The van der Waals surface area contributed by atoms with Crippen molar-refractivity contribution in [2.45, 2.75) is 0 Å². The molecule has 6 heteroatoms. The third-order valence-electron chi connectivity index (χ3n) is 2.52. The summed E-state index contributed by atoms with van der Waals surface area (Å²) in [7, 11) is 0. The van der Waals surface area contributed by atoms with Gasteiger partial charge in [-0.05, 0) is 23.6 Å². The molecule has 1 heterocycles. The van der Waals surface area contributed by atoms with Crippen LogP contribution in [0, 0.1) is 23.7 Å². The van der Waals surface area contributed by atoms with Gasteiger partial charge in [-0.1, -0.05) is 18.2 Å². The minimum atomic E-state index is -0.503. The quantitative estimate of drug-likeness (QED) is 0.668. The molecule has 0 saturated heterocycles. The van der Waals surface area contributed by atoms with E-state index in [0.29, 0.717) is 22.0 Å². The highest BCUT2D eigenvalue weighted by atomic mass is 32.1. The molecule has 1 aromatic carbocycles. The standard InChI is InChI=1S/C15H10N4OS/c1-2-14-18-13(9-21-14)19-15(20)12(17)7-10-5-3-4-6-11(10)8-16/h1,3-7,9H,17H2,(H,19,20)/b12-7+. The van der Waals surface area contributed by atoms with Crippen molar-refractivity contribution in [3.63, 3.8) is 0 Å². The lowest BCUT2D eigenvalue weighted by Crippen LogP contribution is -2.20. The number of anilines is 1. The van der Waals surface area contributed by atoms with E-state index < -0.39 is 5.91 Å². The molecular formula is C15H10N4OS. The van der Waals surface area contributed by atoms with Crippen molar-refractivity contribution in [2.75, 3.05) is 5.32 Å². The van der Waals surface area contributed by atoms with E-state index in [2.05, 4.69) is 16.2 Å². The summed E-state index contributed by atoms with van der Waals surface area (Å²) in [6, 6.07) is 8.89. The van der Waals surface area contributed by atoms with Gasteiger partial charge < -0.3 is 11.1 Å². The summed E-state index contributed by atoms with van der Waals surface area (Å²) in [5, 5.41) is 13.6. The number of carbonyl (C=O) groups is 1. The Labute approximate surface area is 125 Å². The summed E-state index contributed by atoms with van der Waals surface area (Å²) in [4.78, 5) is 15.9. The Morgan fingerprint density at radius 3 is 2.90 bits per heavy atom. The highest BCUT2D eigenvalue weighted by molar-refractivity contribution is 7.10. The molecular weight excluding hydrogens is 284 g/mol. The van der Waals surface area contributed by atoms with Gasteiger partial charge in [0.2, 0.25) is 0 Å². The molecule has 0 atom stereocenters. The molecule has 1 aromatic heterocycles. The van der Waals surface area contributed by atoms with Crippen LogP contribution in [0.1, 0.15) is 16.1 Å². The van der Waals surface area contributed by atoms with Crippen molar-refractivity contribution in [3.8, 4) is 18.4 Å². The molecule has 3 N–H and O–H groups in total. The summed E-state index contributed by atoms with van der Waals surface area (Å²) in [6.07, 6.45) is 6.65. The fourth-order valence-corrected chi connectivity index (χ4v) is 2.10. The summed E-state index contributed by atoms with van der Waals surface area (Å²) in [5.41, 5.74) is 6.73. The Hall–Kier alpha value is -3.09. The third-order valence-corrected chi connectivity index (χ3v) is 3.30. The molecule has 0 aliphatic carbocycles. The molecule has 5 nitrogen and oxygen atoms in total. The molecule has 0 aliphatic heterocycles. The minimum absolute atomic E-state index is 0.0204. The van der Waals surface area contributed by atoms with E-state index in [1.54, 1.807) is 29.6 Å². The lowest BCUT2D eigenvalue weighted by Gasteiger charge is -2.03. The normalized spacial score (nSPS) is 10.5. The number of aromatic nitrogens is 1. The largest absolute Gasteiger partial charge is 0.394 e. The van der Waals surface area contributed by atoms with Crippen molar-refractivity contribution in [2.24, 2.45) is 5.73 Å². The number of amides is 1. The van der Waals surface area contributed by atoms with E-state index in [9.17, 15) is 4.79 Å². The second-order valence-electron chi connectivity index (χ2n) is 3.94. The van der Waals surface area contributed by atoms with Crippen LogP contribution in [-0.4, -0.2) is 10.9 Å². The second-order valence-corrected chi connectivity index (χ2v) is 4.79. The molecule has 0 saturated carbocycles. The number of benzene rings is 1. The van der Waals surface area contributed by atoms with Gasteiger partial charge in [0, 0.05) is 5.38 Å². The van der Waals surface area contributed by atoms with E-state index in [0.717, 1.165) is 0 Å². The SMILES string of the molecule is C#Cc1nc(NC(=O)/C(N)=C\c2ccccc2C#N)cs1. The molecule has 2 rings (SSSR count). The smallest absolute Gasteiger partial charge is 0.272 e. The van der Waals surface area contributed by atoms with Crippen LogP contribution in [0.15, 0.2) is 35.3 Å². The monoisotopic (exact) mass is 294 g/mol. The molecule has 0 unspecified atom stereocenters. The average molecular weight is 294 g/mol. The van der Waals surface area contributed by atoms with Crippen LogP contribution in [-0.2, 0) is 4.79 Å². The Morgan fingerprint density at radius 2 is 2.24 bits per heavy atom. The molecule has 21 heavy (non-hydrogen) atoms. The number of nitrogens with two attached hydrogens (primary N) is 1. The van der Waals surface area contributed by atoms with Crippen molar-refractivity contribution in [3.05, 3.63) is 51.5 Å². The first-order valence-corrected chi connectivity index (χ1v) is 6.72. The number of nitriles is 1. The highest BCUT2D eigenvalue weighted by Crippen LogP contribution is 2.14. The molecule has 1 amide bonds. The van der Waals surface area contributed by atoms with Gasteiger partial charge in [-0.15, -0.1) is 17.8 Å². The number of terminal acetylenes is 1. The van der Waals surface area contributed by atoms with Gasteiger partial charge in [-0.2, -0.15) is 5.26 Å². The van der Waals surface area contributed by atoms with Crippen LogP contribution in [0.2, 0.25) is 0 Å². The summed E-state index contributed by atoms with van der Waals surface area (Å²) >= 11 is 1.25. The van der Waals surface area contributed by atoms with Crippen molar-refractivity contribution in [1.82, 2.24) is 4.98 Å². The summed E-state index contributed by atoms with van der Waals surface area (Å²) in [6.45, 7) is 0. The van der Waals surface area contributed by atoms with Gasteiger partial charge in [-0.3, -0.25) is 4.79 Å². The average Bonchev–Trinajstić information content (AvgIpc) is 2.95. The van der Waals surface area contributed by atoms with Crippen LogP contribution < -0.4 is 11.1 Å². The van der Waals surface area contributed by atoms with E-state index in [1.807, 2.05) is 6.07 Å². The van der Waals surface area contributed by atoms with E-state index in [-0.39, 0.29) is 5.70 Å². The lowest BCUT2D eigenvalue weighted by atomic mass is 10.1. The van der Waals surface area contributed by atoms with E-state index >= 15 is 0 Å². The zero-order chi connectivity index (χ0) is 15.2. The van der Waals surface area contributed by atoms with Gasteiger partial charge in [0.25, 0.3) is 5.91 Å². The zero-order valence-corrected chi connectivity index (χ0v) is 11.6. The maximum Gasteiger partial charge on any atom is 0.272 e. The van der Waals surface area contributed by atoms with Crippen LogP contribution in [0.5, 0.6) is 0 Å². The fraction of sp³-hybridized carbons (Fsp3) is 0. The maximum atomic E-state index is 11.9. The van der Waals surface area contributed by atoms with Crippen LogP contribution in [0.25, 0.3) is 6.08 Å². The summed E-state index contributed by atoms with van der Waals surface area (Å²) < 4.78 is 0. The Bertz CT molecular complexity index is 792.